The Morgan fingerprint density at radius 2 is 2.18 bits per heavy atom. The van der Waals surface area contributed by atoms with Gasteiger partial charge in [0.25, 0.3) is 5.91 Å². The predicted octanol–water partition coefficient (Wildman–Crippen LogP) is 0.825. The number of carbonyl (C=O) groups excluding carboxylic acids is 1. The SMILES string of the molecule is C[C@@H](CN)NC(=O)c1cccc(CN(C)C)c1. The first kappa shape index (κ1) is 13.7. The van der Waals surface area contributed by atoms with Gasteiger partial charge in [-0.3, -0.25) is 4.79 Å². The molecule has 0 saturated carbocycles. The molecule has 1 rings (SSSR count). The van der Waals surface area contributed by atoms with E-state index in [2.05, 4.69) is 10.2 Å². The lowest BCUT2D eigenvalue weighted by Gasteiger charge is -2.13. The fourth-order valence-electron chi connectivity index (χ4n) is 1.54. The molecule has 4 heteroatoms. The lowest BCUT2D eigenvalue weighted by atomic mass is 10.1. The van der Waals surface area contributed by atoms with Gasteiger partial charge in [0.2, 0.25) is 0 Å². The molecule has 0 bridgehead atoms. The van der Waals surface area contributed by atoms with Gasteiger partial charge in [0.15, 0.2) is 0 Å². The van der Waals surface area contributed by atoms with Crippen LogP contribution in [-0.2, 0) is 6.54 Å². The van der Waals surface area contributed by atoms with Crippen LogP contribution in [0.3, 0.4) is 0 Å². The molecule has 1 aromatic carbocycles. The summed E-state index contributed by atoms with van der Waals surface area (Å²) in [4.78, 5) is 13.9. The van der Waals surface area contributed by atoms with Crippen LogP contribution >= 0.6 is 0 Å². The molecule has 0 radical (unpaired) electrons. The van der Waals surface area contributed by atoms with Crippen molar-refractivity contribution in [2.24, 2.45) is 5.73 Å². The summed E-state index contributed by atoms with van der Waals surface area (Å²) in [5, 5.41) is 2.85. The molecule has 0 aliphatic heterocycles. The Labute approximate surface area is 103 Å². The van der Waals surface area contributed by atoms with Crippen LogP contribution in [-0.4, -0.2) is 37.5 Å². The van der Waals surface area contributed by atoms with E-state index in [0.29, 0.717) is 12.1 Å². The Kier molecular flexibility index (Phi) is 5.12. The summed E-state index contributed by atoms with van der Waals surface area (Å²) in [7, 11) is 4.01. The lowest BCUT2D eigenvalue weighted by molar-refractivity contribution is 0.0941. The van der Waals surface area contributed by atoms with Crippen LogP contribution in [0.4, 0.5) is 0 Å². The smallest absolute Gasteiger partial charge is 0.251 e. The van der Waals surface area contributed by atoms with Crippen LogP contribution < -0.4 is 11.1 Å². The van der Waals surface area contributed by atoms with Gasteiger partial charge in [-0.15, -0.1) is 0 Å². The van der Waals surface area contributed by atoms with E-state index in [0.717, 1.165) is 12.1 Å². The molecule has 0 spiro atoms. The topological polar surface area (TPSA) is 58.4 Å². The van der Waals surface area contributed by atoms with Crippen molar-refractivity contribution in [3.8, 4) is 0 Å². The second-order valence-corrected chi connectivity index (χ2v) is 4.55. The van der Waals surface area contributed by atoms with Gasteiger partial charge >= 0.3 is 0 Å². The summed E-state index contributed by atoms with van der Waals surface area (Å²) in [6.45, 7) is 3.16. The minimum atomic E-state index is -0.0662. The molecule has 0 aliphatic carbocycles. The Hall–Kier alpha value is -1.39. The number of nitrogens with zero attached hydrogens (tertiary/aromatic N) is 1. The largest absolute Gasteiger partial charge is 0.348 e. The quantitative estimate of drug-likeness (QED) is 0.794. The van der Waals surface area contributed by atoms with E-state index in [-0.39, 0.29) is 11.9 Å². The van der Waals surface area contributed by atoms with Gasteiger partial charge in [-0.1, -0.05) is 12.1 Å². The van der Waals surface area contributed by atoms with Crippen molar-refractivity contribution in [1.29, 1.82) is 0 Å². The monoisotopic (exact) mass is 235 g/mol. The molecule has 94 valence electrons. The molecule has 4 nitrogen and oxygen atoms in total. The molecule has 0 heterocycles. The first-order chi connectivity index (χ1) is 8.02. The van der Waals surface area contributed by atoms with Crippen LogP contribution in [0.25, 0.3) is 0 Å². The summed E-state index contributed by atoms with van der Waals surface area (Å²) in [5.74, 6) is -0.0662. The van der Waals surface area contributed by atoms with Gasteiger partial charge in [0.1, 0.15) is 0 Å². The van der Waals surface area contributed by atoms with Crippen molar-refractivity contribution >= 4 is 5.91 Å². The number of hydrogen-bond acceptors (Lipinski definition) is 3. The zero-order valence-electron chi connectivity index (χ0n) is 10.7. The van der Waals surface area contributed by atoms with Gasteiger partial charge in [-0.2, -0.15) is 0 Å². The summed E-state index contributed by atoms with van der Waals surface area (Å²) in [6.07, 6.45) is 0. The average Bonchev–Trinajstić information content (AvgIpc) is 2.28. The maximum atomic E-state index is 11.9. The maximum Gasteiger partial charge on any atom is 0.251 e. The van der Waals surface area contributed by atoms with Crippen molar-refractivity contribution in [3.05, 3.63) is 35.4 Å². The van der Waals surface area contributed by atoms with Crippen LogP contribution in [0.2, 0.25) is 0 Å². The summed E-state index contributed by atoms with van der Waals surface area (Å²) in [6, 6.07) is 7.65. The maximum absolute atomic E-state index is 11.9. The zero-order valence-corrected chi connectivity index (χ0v) is 10.7. The highest BCUT2D eigenvalue weighted by Crippen LogP contribution is 2.07. The van der Waals surface area contributed by atoms with Crippen molar-refractivity contribution in [3.63, 3.8) is 0 Å². The predicted molar refractivity (Wildman–Crippen MR) is 69.8 cm³/mol. The number of rotatable bonds is 5. The van der Waals surface area contributed by atoms with E-state index in [1.165, 1.54) is 0 Å². The number of hydrogen-bond donors (Lipinski definition) is 2. The fraction of sp³-hybridized carbons (Fsp3) is 0.462. The lowest BCUT2D eigenvalue weighted by Crippen LogP contribution is -2.37. The molecule has 0 saturated heterocycles. The molecule has 1 amide bonds. The van der Waals surface area contributed by atoms with Crippen molar-refractivity contribution in [1.82, 2.24) is 10.2 Å². The van der Waals surface area contributed by atoms with Crippen LogP contribution in [0.15, 0.2) is 24.3 Å². The number of carbonyl (C=O) groups is 1. The Morgan fingerprint density at radius 1 is 1.47 bits per heavy atom. The van der Waals surface area contributed by atoms with Crippen molar-refractivity contribution < 1.29 is 4.79 Å². The number of benzene rings is 1. The Bertz CT molecular complexity index is 377. The van der Waals surface area contributed by atoms with E-state index in [1.807, 2.05) is 45.3 Å². The van der Waals surface area contributed by atoms with Gasteiger partial charge in [-0.25, -0.2) is 0 Å². The zero-order chi connectivity index (χ0) is 12.8. The third kappa shape index (κ3) is 4.54. The first-order valence-corrected chi connectivity index (χ1v) is 5.77. The molecular formula is C13H21N3O. The molecule has 17 heavy (non-hydrogen) atoms. The molecule has 0 aromatic heterocycles. The van der Waals surface area contributed by atoms with Gasteiger partial charge in [-0.05, 0) is 38.7 Å². The van der Waals surface area contributed by atoms with Crippen LogP contribution in [0, 0.1) is 0 Å². The molecule has 1 aromatic rings. The van der Waals surface area contributed by atoms with E-state index in [1.54, 1.807) is 0 Å². The van der Waals surface area contributed by atoms with Crippen molar-refractivity contribution in [2.75, 3.05) is 20.6 Å². The van der Waals surface area contributed by atoms with E-state index >= 15 is 0 Å². The van der Waals surface area contributed by atoms with Crippen LogP contribution in [0.1, 0.15) is 22.8 Å². The Balaban J connectivity index is 2.73. The average molecular weight is 235 g/mol. The third-order valence-electron chi connectivity index (χ3n) is 2.42. The molecule has 0 fully saturated rings. The van der Waals surface area contributed by atoms with E-state index in [9.17, 15) is 4.79 Å². The summed E-state index contributed by atoms with van der Waals surface area (Å²) in [5.41, 5.74) is 7.29. The highest BCUT2D eigenvalue weighted by Gasteiger charge is 2.08. The number of nitrogens with one attached hydrogen (secondary N) is 1. The molecule has 0 aliphatic rings. The van der Waals surface area contributed by atoms with E-state index in [4.69, 9.17) is 5.73 Å². The Morgan fingerprint density at radius 3 is 2.76 bits per heavy atom. The molecule has 0 unspecified atom stereocenters. The number of nitrogens with two attached hydrogens (primary N) is 1. The normalized spacial score (nSPS) is 12.5. The van der Waals surface area contributed by atoms with Crippen molar-refractivity contribution in [2.45, 2.75) is 19.5 Å². The second kappa shape index (κ2) is 6.37. The summed E-state index contributed by atoms with van der Waals surface area (Å²) < 4.78 is 0. The van der Waals surface area contributed by atoms with E-state index < -0.39 is 0 Å². The first-order valence-electron chi connectivity index (χ1n) is 5.77. The fourth-order valence-corrected chi connectivity index (χ4v) is 1.54. The molecule has 3 N–H and O–H groups in total. The van der Waals surface area contributed by atoms with Gasteiger partial charge < -0.3 is 16.0 Å². The standard InChI is InChI=1S/C13H21N3O/c1-10(8-14)15-13(17)12-6-4-5-11(7-12)9-16(2)3/h4-7,10H,8-9,14H2,1-3H3,(H,15,17)/t10-/m0/s1. The highest BCUT2D eigenvalue weighted by atomic mass is 16.1. The third-order valence-corrected chi connectivity index (χ3v) is 2.42. The minimum absolute atomic E-state index is 0.00000451. The highest BCUT2D eigenvalue weighted by molar-refractivity contribution is 5.94. The van der Waals surface area contributed by atoms with Crippen LogP contribution in [0.5, 0.6) is 0 Å². The summed E-state index contributed by atoms with van der Waals surface area (Å²) >= 11 is 0. The second-order valence-electron chi connectivity index (χ2n) is 4.55. The minimum Gasteiger partial charge on any atom is -0.348 e. The van der Waals surface area contributed by atoms with Gasteiger partial charge in [0, 0.05) is 24.7 Å². The molecule has 1 atom stereocenters. The molecular weight excluding hydrogens is 214 g/mol. The van der Waals surface area contributed by atoms with Gasteiger partial charge in [0.05, 0.1) is 0 Å². The number of amides is 1.